The zero-order valence-corrected chi connectivity index (χ0v) is 15.5. The Morgan fingerprint density at radius 1 is 1.30 bits per heavy atom. The zero-order chi connectivity index (χ0) is 19.2. The molecular weight excluding hydrogens is 346 g/mol. The van der Waals surface area contributed by atoms with E-state index in [0.29, 0.717) is 13.2 Å². The van der Waals surface area contributed by atoms with Crippen molar-refractivity contribution in [1.29, 1.82) is 0 Å². The van der Waals surface area contributed by atoms with E-state index in [2.05, 4.69) is 11.4 Å². The highest BCUT2D eigenvalue weighted by molar-refractivity contribution is 5.87. The fourth-order valence-electron chi connectivity index (χ4n) is 3.72. The first-order valence-corrected chi connectivity index (χ1v) is 9.26. The van der Waals surface area contributed by atoms with Gasteiger partial charge in [0, 0.05) is 17.9 Å². The third kappa shape index (κ3) is 3.14. The molecule has 5 rings (SSSR count). The third-order valence-electron chi connectivity index (χ3n) is 5.50. The summed E-state index contributed by atoms with van der Waals surface area (Å²) in [5.74, 6) is 0.928. The van der Waals surface area contributed by atoms with Crippen molar-refractivity contribution in [3.05, 3.63) is 58.5 Å². The number of carbonyl (C=O) groups excluding carboxylic acids is 1. The van der Waals surface area contributed by atoms with Gasteiger partial charge in [-0.1, -0.05) is 26.0 Å². The second-order valence-electron chi connectivity index (χ2n) is 7.70. The van der Waals surface area contributed by atoms with Gasteiger partial charge in [0.15, 0.2) is 0 Å². The molecule has 4 bridgehead atoms. The second-order valence-corrected chi connectivity index (χ2v) is 7.70. The number of benzene rings is 1. The molecule has 0 radical (unpaired) electrons. The van der Waals surface area contributed by atoms with Crippen LogP contribution in [-0.2, 0) is 21.4 Å². The Morgan fingerprint density at radius 3 is 2.59 bits per heavy atom. The molecule has 1 unspecified atom stereocenters. The number of carbonyl (C=O) groups is 2. The molecule has 27 heavy (non-hydrogen) atoms. The molecule has 6 nitrogen and oxygen atoms in total. The summed E-state index contributed by atoms with van der Waals surface area (Å²) in [6, 6.07) is 8.33. The molecule has 2 aromatic rings. The number of hydrogen-bond acceptors (Lipinski definition) is 4. The van der Waals surface area contributed by atoms with E-state index in [1.165, 1.54) is 5.56 Å². The highest BCUT2D eigenvalue weighted by atomic mass is 16.5. The molecule has 0 fully saturated rings. The Labute approximate surface area is 157 Å². The average molecular weight is 369 g/mol. The topological polar surface area (TPSA) is 88.8 Å². The van der Waals surface area contributed by atoms with Gasteiger partial charge < -0.3 is 19.6 Å². The van der Waals surface area contributed by atoms with Gasteiger partial charge in [-0.2, -0.15) is 0 Å². The SMILES string of the molecule is CC(C)C(=O)N[C@@H](COCC12CCc3cc1c2o3)c1ccc(C(=O)O)cc1. The first kappa shape index (κ1) is 17.8. The summed E-state index contributed by atoms with van der Waals surface area (Å²) >= 11 is 0. The number of aryl methyl sites for hydroxylation is 1. The Morgan fingerprint density at radius 2 is 2.04 bits per heavy atom. The number of hydrogen-bond donors (Lipinski definition) is 2. The van der Waals surface area contributed by atoms with E-state index < -0.39 is 5.97 Å². The van der Waals surface area contributed by atoms with Crippen molar-refractivity contribution in [2.24, 2.45) is 5.92 Å². The fourth-order valence-corrected chi connectivity index (χ4v) is 3.72. The van der Waals surface area contributed by atoms with Crippen molar-refractivity contribution < 1.29 is 23.8 Å². The van der Waals surface area contributed by atoms with Gasteiger partial charge in [-0.05, 0) is 30.2 Å². The van der Waals surface area contributed by atoms with Crippen LogP contribution in [0.3, 0.4) is 0 Å². The van der Waals surface area contributed by atoms with E-state index in [1.807, 2.05) is 13.8 Å². The fraction of sp³-hybridized carbons (Fsp3) is 0.429. The Bertz CT molecular complexity index is 859. The monoisotopic (exact) mass is 369 g/mol. The molecule has 1 aromatic heterocycles. The molecule has 1 aliphatic heterocycles. The summed E-state index contributed by atoms with van der Waals surface area (Å²) < 4.78 is 11.8. The lowest BCUT2D eigenvalue weighted by atomic mass is 9.91. The summed E-state index contributed by atoms with van der Waals surface area (Å²) in [5.41, 5.74) is 2.25. The molecule has 2 heterocycles. The van der Waals surface area contributed by atoms with Gasteiger partial charge in [0.2, 0.25) is 5.91 Å². The van der Waals surface area contributed by atoms with Crippen LogP contribution in [0.4, 0.5) is 0 Å². The minimum absolute atomic E-state index is 0.0540. The van der Waals surface area contributed by atoms with Crippen molar-refractivity contribution in [3.8, 4) is 0 Å². The number of amides is 1. The lowest BCUT2D eigenvalue weighted by Gasteiger charge is -2.24. The summed E-state index contributed by atoms with van der Waals surface area (Å²) in [5, 5.41) is 12.1. The molecule has 0 saturated carbocycles. The quantitative estimate of drug-likeness (QED) is 0.747. The summed E-state index contributed by atoms with van der Waals surface area (Å²) in [7, 11) is 0. The zero-order valence-electron chi connectivity index (χ0n) is 15.5. The molecule has 6 heteroatoms. The molecule has 2 N–H and O–H groups in total. The highest BCUT2D eigenvalue weighted by Gasteiger charge is 2.58. The smallest absolute Gasteiger partial charge is 0.335 e. The van der Waals surface area contributed by atoms with Gasteiger partial charge >= 0.3 is 5.97 Å². The molecule has 2 atom stereocenters. The standard InChI is InChI=1S/C21H23NO5/c1-12(2)19(23)22-17(13-3-5-14(6-4-13)20(24)25)10-26-11-21-8-7-15-9-16(21)18(21)27-15/h3-6,9,12,17H,7-8,10-11H2,1-2H3,(H,22,23)(H,24,25)/t17-,21?/m0/s1. The van der Waals surface area contributed by atoms with Crippen LogP contribution in [0.15, 0.2) is 34.7 Å². The van der Waals surface area contributed by atoms with Crippen LogP contribution >= 0.6 is 0 Å². The number of aromatic carboxylic acids is 1. The molecule has 2 aliphatic carbocycles. The average Bonchev–Trinajstić information content (AvgIpc) is 3.09. The number of rotatable bonds is 8. The summed E-state index contributed by atoms with van der Waals surface area (Å²) in [4.78, 5) is 23.3. The van der Waals surface area contributed by atoms with Crippen molar-refractivity contribution in [1.82, 2.24) is 5.32 Å². The van der Waals surface area contributed by atoms with Crippen LogP contribution in [-0.4, -0.2) is 30.2 Å². The van der Waals surface area contributed by atoms with Gasteiger partial charge in [0.05, 0.1) is 30.2 Å². The minimum atomic E-state index is -0.973. The van der Waals surface area contributed by atoms with Gasteiger partial charge in [-0.25, -0.2) is 4.79 Å². The van der Waals surface area contributed by atoms with E-state index in [4.69, 9.17) is 14.3 Å². The van der Waals surface area contributed by atoms with Crippen LogP contribution in [0.1, 0.15) is 59.3 Å². The number of carboxylic acids is 1. The van der Waals surface area contributed by atoms with Crippen LogP contribution < -0.4 is 5.32 Å². The number of carboxylic acid groups (broad SMARTS) is 1. The van der Waals surface area contributed by atoms with Crippen molar-refractivity contribution >= 4 is 11.9 Å². The van der Waals surface area contributed by atoms with Crippen molar-refractivity contribution in [3.63, 3.8) is 0 Å². The van der Waals surface area contributed by atoms with Crippen LogP contribution in [0.25, 0.3) is 0 Å². The molecule has 142 valence electrons. The van der Waals surface area contributed by atoms with E-state index in [1.54, 1.807) is 24.3 Å². The van der Waals surface area contributed by atoms with E-state index in [9.17, 15) is 9.59 Å². The van der Waals surface area contributed by atoms with Crippen molar-refractivity contribution in [2.75, 3.05) is 13.2 Å². The third-order valence-corrected chi connectivity index (χ3v) is 5.50. The number of nitrogens with one attached hydrogen (secondary N) is 1. The maximum Gasteiger partial charge on any atom is 0.335 e. The van der Waals surface area contributed by atoms with Gasteiger partial charge in [-0.3, -0.25) is 4.79 Å². The van der Waals surface area contributed by atoms with Crippen LogP contribution in [0.5, 0.6) is 0 Å². The Balaban J connectivity index is 1.42. The molecular formula is C21H23NO5. The van der Waals surface area contributed by atoms with E-state index >= 15 is 0 Å². The van der Waals surface area contributed by atoms with Gasteiger partial charge in [0.25, 0.3) is 0 Å². The number of fused-ring (bicyclic) bond motifs is 1. The predicted octanol–water partition coefficient (Wildman–Crippen LogP) is 3.05. The van der Waals surface area contributed by atoms with Crippen LogP contribution in [0.2, 0.25) is 0 Å². The van der Waals surface area contributed by atoms with Gasteiger partial charge in [0.1, 0.15) is 11.5 Å². The minimum Gasteiger partial charge on any atom is -0.478 e. The lowest BCUT2D eigenvalue weighted by molar-refractivity contribution is -0.125. The molecule has 0 spiro atoms. The number of ether oxygens (including phenoxy) is 1. The number of furan rings is 1. The maximum absolute atomic E-state index is 12.2. The molecule has 1 aromatic carbocycles. The van der Waals surface area contributed by atoms with E-state index in [0.717, 1.165) is 29.9 Å². The van der Waals surface area contributed by atoms with E-state index in [-0.39, 0.29) is 28.8 Å². The molecule has 0 saturated heterocycles. The highest BCUT2D eigenvalue weighted by Crippen LogP contribution is 2.58. The van der Waals surface area contributed by atoms with Crippen molar-refractivity contribution in [2.45, 2.75) is 38.1 Å². The largest absolute Gasteiger partial charge is 0.478 e. The predicted molar refractivity (Wildman–Crippen MR) is 97.8 cm³/mol. The molecule has 3 aliphatic rings. The normalized spacial score (nSPS) is 20.4. The first-order chi connectivity index (χ1) is 12.9. The van der Waals surface area contributed by atoms with Gasteiger partial charge in [-0.15, -0.1) is 0 Å². The first-order valence-electron chi connectivity index (χ1n) is 9.26. The summed E-state index contributed by atoms with van der Waals surface area (Å²) in [6.07, 6.45) is 1.97. The van der Waals surface area contributed by atoms with Crippen LogP contribution in [0, 0.1) is 5.92 Å². The molecule has 1 amide bonds. The lowest BCUT2D eigenvalue weighted by Crippen LogP contribution is -2.35. The Kier molecular flexibility index (Phi) is 4.30. The second kappa shape index (κ2) is 6.53. The maximum atomic E-state index is 12.2. The summed E-state index contributed by atoms with van der Waals surface area (Å²) in [6.45, 7) is 4.54. The Hall–Kier alpha value is -2.60.